The maximum atomic E-state index is 15.8. The molecule has 0 spiro atoms. The Balaban J connectivity index is 1.29. The number of carbonyl (C=O) groups is 5. The molecule has 3 aliphatic carbocycles. The summed E-state index contributed by atoms with van der Waals surface area (Å²) < 4.78 is 55.9. The first-order valence-electron chi connectivity index (χ1n) is 23.2. The molecule has 1 unspecified atom stereocenters. The third-order valence-electron chi connectivity index (χ3n) is 15.1. The van der Waals surface area contributed by atoms with E-state index in [4.69, 9.17) is 42.6 Å². The lowest BCUT2D eigenvalue weighted by Gasteiger charge is -2.67. The van der Waals surface area contributed by atoms with Gasteiger partial charge in [-0.2, -0.15) is 0 Å². The van der Waals surface area contributed by atoms with Crippen LogP contribution in [-0.4, -0.2) is 121 Å². The number of methoxy groups -OCH3 is 3. The number of hydrogen-bond acceptors (Lipinski definition) is 15. The SMILES string of the molecule is COc1ccc(C2O[C@H](C(=O)O[C@H]3C[C@@]4(O)[C@@H](OC(=O)c5ccccc5)[C@@H]5[C@]6(OC(C)=O)CO[C@@H]6C[C@H](OC)[C@@]5(C)C(=O)[C@H](OC)C(=C3C)C4(C)C)[C@@H](c3ccccc3)N2C(=O)OC(C)(C)C)cc1. The third kappa shape index (κ3) is 8.21. The molecule has 3 aromatic carbocycles. The van der Waals surface area contributed by atoms with Crippen LogP contribution in [0, 0.1) is 16.7 Å². The van der Waals surface area contributed by atoms with E-state index in [1.165, 1.54) is 33.2 Å². The summed E-state index contributed by atoms with van der Waals surface area (Å²) in [4.78, 5) is 74.6. The van der Waals surface area contributed by atoms with Gasteiger partial charge in [0.25, 0.3) is 0 Å². The van der Waals surface area contributed by atoms with Crippen LogP contribution < -0.4 is 4.74 Å². The minimum atomic E-state index is -2.22. The van der Waals surface area contributed by atoms with E-state index in [1.807, 2.05) is 0 Å². The third-order valence-corrected chi connectivity index (χ3v) is 15.1. The van der Waals surface area contributed by atoms with Crippen molar-refractivity contribution >= 4 is 29.8 Å². The molecule has 1 N–H and O–H groups in total. The number of aliphatic hydroxyl groups is 1. The number of hydrogen-bond donors (Lipinski definition) is 1. The van der Waals surface area contributed by atoms with E-state index in [0.717, 1.165) is 0 Å². The highest BCUT2D eigenvalue weighted by Gasteiger charge is 2.78. The minimum Gasteiger partial charge on any atom is -0.497 e. The molecule has 2 bridgehead atoms. The largest absolute Gasteiger partial charge is 0.497 e. The maximum Gasteiger partial charge on any atom is 0.413 e. The van der Waals surface area contributed by atoms with Gasteiger partial charge in [-0.3, -0.25) is 14.5 Å². The summed E-state index contributed by atoms with van der Waals surface area (Å²) in [6.07, 6.45) is -9.71. The fourth-order valence-electron chi connectivity index (χ4n) is 11.8. The Morgan fingerprint density at radius 3 is 2.03 bits per heavy atom. The second kappa shape index (κ2) is 18.3. The molecule has 8 rings (SSSR count). The van der Waals surface area contributed by atoms with Gasteiger partial charge in [0.1, 0.15) is 47.4 Å². The number of ketones is 1. The number of amides is 1. The van der Waals surface area contributed by atoms with Crippen molar-refractivity contribution in [1.29, 1.82) is 0 Å². The number of ether oxygens (including phenoxy) is 9. The van der Waals surface area contributed by atoms with E-state index in [9.17, 15) is 19.5 Å². The van der Waals surface area contributed by atoms with E-state index < -0.39 is 112 Å². The van der Waals surface area contributed by atoms with Gasteiger partial charge in [0.05, 0.1) is 36.7 Å². The van der Waals surface area contributed by atoms with Crippen LogP contribution in [0.1, 0.15) is 102 Å². The summed E-state index contributed by atoms with van der Waals surface area (Å²) in [5.41, 5.74) is -5.96. The number of Topliss-reactive ketones (excluding diaryl/α,β-unsaturated/α-hetero) is 1. The fraction of sp³-hybridized carbons (Fsp3) is 0.528. The molecule has 5 aliphatic rings. The van der Waals surface area contributed by atoms with Gasteiger partial charge in [0, 0.05) is 45.0 Å². The zero-order valence-corrected chi connectivity index (χ0v) is 41.0. The zero-order chi connectivity index (χ0) is 50.0. The van der Waals surface area contributed by atoms with Crippen molar-refractivity contribution in [3.63, 3.8) is 0 Å². The van der Waals surface area contributed by atoms with E-state index in [2.05, 4.69) is 0 Å². The van der Waals surface area contributed by atoms with E-state index in [1.54, 1.807) is 133 Å². The lowest BCUT2D eigenvalue weighted by Crippen LogP contribution is -2.82. The lowest BCUT2D eigenvalue weighted by molar-refractivity contribution is -0.347. The van der Waals surface area contributed by atoms with Crippen molar-refractivity contribution in [1.82, 2.24) is 4.90 Å². The van der Waals surface area contributed by atoms with E-state index in [-0.39, 0.29) is 25.0 Å². The Morgan fingerprint density at radius 2 is 1.48 bits per heavy atom. The molecule has 16 nitrogen and oxygen atoms in total. The molecular weight excluding hydrogens is 891 g/mol. The summed E-state index contributed by atoms with van der Waals surface area (Å²) >= 11 is 0. The molecule has 0 radical (unpaired) electrons. The molecule has 2 saturated heterocycles. The van der Waals surface area contributed by atoms with Crippen LogP contribution >= 0.6 is 0 Å². The van der Waals surface area contributed by atoms with Crippen LogP contribution in [0.15, 0.2) is 96.1 Å². The van der Waals surface area contributed by atoms with Crippen LogP contribution in [0.3, 0.4) is 0 Å². The standard InChI is InChI=1S/C53H63NO15/c1-29-35(65-47(58)41-39(31-18-14-12-15-19-31)54(48(59)69-49(3,4)5)45(66-41)32-22-24-34(61-9)25-23-32)27-53(60)44(67-46(57)33-20-16-13-17-21-33)42-51(8,43(56)40(63-11)38(29)50(53,6)7)36(62-10)26-37-52(42,28-64-37)68-30(2)55/h12-25,35-37,39-42,44-45,60H,26-28H2,1-11H3/t35-,36-,37+,39+,40+,41-,42-,44-,45?,51+,52-,53+/m0/s1. The fourth-order valence-corrected chi connectivity index (χ4v) is 11.8. The van der Waals surface area contributed by atoms with Crippen molar-refractivity contribution in [2.75, 3.05) is 27.9 Å². The molecule has 2 saturated carbocycles. The number of carbonyl (C=O) groups excluding carboxylic acids is 5. The quantitative estimate of drug-likeness (QED) is 0.124. The van der Waals surface area contributed by atoms with Crippen LogP contribution in [0.4, 0.5) is 4.79 Å². The first kappa shape index (κ1) is 49.8. The monoisotopic (exact) mass is 953 g/mol. The van der Waals surface area contributed by atoms with Crippen LogP contribution in [0.2, 0.25) is 0 Å². The Hall–Kier alpha value is -5.65. The number of rotatable bonds is 10. The molecule has 0 aromatic heterocycles. The highest BCUT2D eigenvalue weighted by Crippen LogP contribution is 2.65. The Labute approximate surface area is 402 Å². The van der Waals surface area contributed by atoms with Gasteiger partial charge in [-0.1, -0.05) is 74.5 Å². The van der Waals surface area contributed by atoms with Gasteiger partial charge < -0.3 is 47.7 Å². The summed E-state index contributed by atoms with van der Waals surface area (Å²) in [6, 6.07) is 22.9. The normalized spacial score (nSPS) is 33.7. The van der Waals surface area contributed by atoms with Crippen LogP contribution in [0.5, 0.6) is 5.75 Å². The van der Waals surface area contributed by atoms with Crippen molar-refractivity contribution in [3.8, 4) is 5.75 Å². The molecule has 69 heavy (non-hydrogen) atoms. The maximum absolute atomic E-state index is 15.8. The molecule has 16 heteroatoms. The lowest BCUT2D eigenvalue weighted by atomic mass is 9.44. The molecule has 3 aromatic rings. The highest BCUT2D eigenvalue weighted by atomic mass is 16.6. The summed E-state index contributed by atoms with van der Waals surface area (Å²) in [7, 11) is 4.37. The van der Waals surface area contributed by atoms with Gasteiger partial charge in [0.2, 0.25) is 0 Å². The number of nitrogens with zero attached hydrogens (tertiary/aromatic N) is 1. The number of fused-ring (bicyclic) bond motifs is 5. The van der Waals surface area contributed by atoms with Crippen molar-refractivity contribution < 1.29 is 71.7 Å². The van der Waals surface area contributed by atoms with Crippen LogP contribution in [-0.2, 0) is 52.3 Å². The molecule has 1 amide bonds. The molecule has 12 atom stereocenters. The number of benzene rings is 3. The Bertz CT molecular complexity index is 2490. The molecule has 370 valence electrons. The van der Waals surface area contributed by atoms with Gasteiger partial charge in [0.15, 0.2) is 23.7 Å². The summed E-state index contributed by atoms with van der Waals surface area (Å²) in [6.45, 7) is 13.1. The van der Waals surface area contributed by atoms with E-state index >= 15 is 9.59 Å². The van der Waals surface area contributed by atoms with Crippen molar-refractivity contribution in [2.24, 2.45) is 16.7 Å². The zero-order valence-electron chi connectivity index (χ0n) is 41.0. The smallest absolute Gasteiger partial charge is 0.413 e. The molecule has 2 aliphatic heterocycles. The van der Waals surface area contributed by atoms with Gasteiger partial charge in [-0.05, 0) is 75.6 Å². The molecule has 2 heterocycles. The van der Waals surface area contributed by atoms with Crippen LogP contribution in [0.25, 0.3) is 0 Å². The average molecular weight is 954 g/mol. The van der Waals surface area contributed by atoms with Gasteiger partial charge in [-0.15, -0.1) is 0 Å². The number of esters is 3. The predicted octanol–water partition coefficient (Wildman–Crippen LogP) is 7.03. The van der Waals surface area contributed by atoms with Gasteiger partial charge >= 0.3 is 24.0 Å². The highest BCUT2D eigenvalue weighted by molar-refractivity contribution is 5.94. The topological polar surface area (TPSA) is 192 Å². The van der Waals surface area contributed by atoms with Gasteiger partial charge in [-0.25, -0.2) is 14.4 Å². The first-order chi connectivity index (χ1) is 32.6. The van der Waals surface area contributed by atoms with Crippen molar-refractivity contribution in [3.05, 3.63) is 113 Å². The first-order valence-corrected chi connectivity index (χ1v) is 23.2. The Morgan fingerprint density at radius 1 is 0.841 bits per heavy atom. The van der Waals surface area contributed by atoms with E-state index in [0.29, 0.717) is 28.0 Å². The molecular formula is C53H63NO15. The second-order valence-electron chi connectivity index (χ2n) is 20.4. The average Bonchev–Trinajstić information content (AvgIpc) is 3.72. The van der Waals surface area contributed by atoms with Crippen molar-refractivity contribution in [2.45, 2.75) is 134 Å². The summed E-state index contributed by atoms with van der Waals surface area (Å²) in [5.74, 6) is -3.65. The summed E-state index contributed by atoms with van der Waals surface area (Å²) in [5, 5.41) is 14.0. The predicted molar refractivity (Wildman–Crippen MR) is 246 cm³/mol. The second-order valence-corrected chi connectivity index (χ2v) is 20.4. The minimum absolute atomic E-state index is 0.125. The Kier molecular flexibility index (Phi) is 13.2. The molecule has 4 fully saturated rings.